The van der Waals surface area contributed by atoms with Gasteiger partial charge in [0.05, 0.1) is 23.9 Å². The molecule has 2 amide bonds. The highest BCUT2D eigenvalue weighted by molar-refractivity contribution is 5.87. The lowest BCUT2D eigenvalue weighted by Gasteiger charge is -2.16. The summed E-state index contributed by atoms with van der Waals surface area (Å²) < 4.78 is 0. The normalized spacial score (nSPS) is 12.1. The lowest BCUT2D eigenvalue weighted by atomic mass is 10.1. The first kappa shape index (κ1) is 17.7. The Bertz CT molecular complexity index is 929. The van der Waals surface area contributed by atoms with Crippen LogP contribution in [-0.2, 0) is 22.6 Å². The molecule has 0 aliphatic rings. The number of aromatic nitrogens is 4. The molecule has 1 aromatic carbocycles. The summed E-state index contributed by atoms with van der Waals surface area (Å²) in [7, 11) is 0. The number of amides is 2. The van der Waals surface area contributed by atoms with Gasteiger partial charge < -0.3 is 20.6 Å². The second-order valence-electron chi connectivity index (χ2n) is 6.34. The number of aryl methyl sites for hydroxylation is 2. The Morgan fingerprint density at radius 2 is 2.08 bits per heavy atom. The molecular formula is C18H22N6O2. The minimum Gasteiger partial charge on any atom is -0.348 e. The summed E-state index contributed by atoms with van der Waals surface area (Å²) >= 11 is 0. The van der Waals surface area contributed by atoms with Crippen LogP contribution in [0.4, 0.5) is 0 Å². The van der Waals surface area contributed by atoms with Crippen molar-refractivity contribution in [3.63, 3.8) is 0 Å². The van der Waals surface area contributed by atoms with Crippen molar-refractivity contribution in [2.45, 2.75) is 39.8 Å². The molecule has 0 saturated carbocycles. The van der Waals surface area contributed by atoms with Crippen LogP contribution in [0, 0.1) is 13.8 Å². The van der Waals surface area contributed by atoms with Crippen LogP contribution < -0.4 is 10.6 Å². The molecule has 0 unspecified atom stereocenters. The highest BCUT2D eigenvalue weighted by Gasteiger charge is 2.20. The molecule has 8 heteroatoms. The van der Waals surface area contributed by atoms with Crippen molar-refractivity contribution in [1.29, 1.82) is 0 Å². The molecule has 0 bridgehead atoms. The summed E-state index contributed by atoms with van der Waals surface area (Å²) in [6.07, 6.45) is 3.51. The molecule has 1 atom stereocenters. The first-order valence-electron chi connectivity index (χ1n) is 8.41. The van der Waals surface area contributed by atoms with Crippen LogP contribution in [0.25, 0.3) is 11.0 Å². The Kier molecular flexibility index (Phi) is 5.01. The number of hydrogen-bond acceptors (Lipinski definition) is 4. The molecule has 26 heavy (non-hydrogen) atoms. The Morgan fingerprint density at radius 1 is 1.27 bits per heavy atom. The standard InChI is InChI=1S/C18H22N6O2/c1-10-4-5-14-17(11(10)2)24-16(23-14)8-20-18(26)15(22-12(3)25)6-13-7-19-9-21-13/h4-5,7,9,15H,6,8H2,1-3H3,(H,19,21)(H,20,26)(H,22,25)(H,23,24)/t15-/m0/s1. The molecule has 0 saturated heterocycles. The molecule has 0 fully saturated rings. The zero-order chi connectivity index (χ0) is 18.7. The number of hydrogen-bond donors (Lipinski definition) is 4. The van der Waals surface area contributed by atoms with Gasteiger partial charge in [0, 0.05) is 25.2 Å². The highest BCUT2D eigenvalue weighted by Crippen LogP contribution is 2.19. The predicted octanol–water partition coefficient (Wildman–Crippen LogP) is 1.27. The summed E-state index contributed by atoms with van der Waals surface area (Å²) in [6.45, 7) is 5.71. The maximum absolute atomic E-state index is 12.5. The molecule has 3 aromatic rings. The van der Waals surface area contributed by atoms with Gasteiger partial charge in [-0.25, -0.2) is 9.97 Å². The van der Waals surface area contributed by atoms with Crippen LogP contribution in [-0.4, -0.2) is 37.8 Å². The average molecular weight is 354 g/mol. The number of nitrogens with one attached hydrogen (secondary N) is 4. The third-order valence-electron chi connectivity index (χ3n) is 4.33. The number of carbonyl (C=O) groups is 2. The van der Waals surface area contributed by atoms with E-state index in [9.17, 15) is 9.59 Å². The molecule has 2 aromatic heterocycles. The Morgan fingerprint density at radius 3 is 2.77 bits per heavy atom. The smallest absolute Gasteiger partial charge is 0.243 e. The molecule has 4 N–H and O–H groups in total. The van der Waals surface area contributed by atoms with E-state index in [-0.39, 0.29) is 18.4 Å². The van der Waals surface area contributed by atoms with E-state index >= 15 is 0 Å². The number of H-pyrrole nitrogens is 2. The minimum atomic E-state index is -0.679. The van der Waals surface area contributed by atoms with Gasteiger partial charge in [-0.15, -0.1) is 0 Å². The SMILES string of the molecule is CC(=O)N[C@@H](Cc1cnc[nH]1)C(=O)NCc1nc2c(C)c(C)ccc2[nH]1. The van der Waals surface area contributed by atoms with Gasteiger partial charge in [-0.1, -0.05) is 6.07 Å². The fourth-order valence-corrected chi connectivity index (χ4v) is 2.81. The lowest BCUT2D eigenvalue weighted by Crippen LogP contribution is -2.47. The van der Waals surface area contributed by atoms with E-state index in [0.29, 0.717) is 12.2 Å². The average Bonchev–Trinajstić information content (AvgIpc) is 3.24. The van der Waals surface area contributed by atoms with E-state index in [0.717, 1.165) is 22.3 Å². The number of aromatic amines is 2. The predicted molar refractivity (Wildman–Crippen MR) is 97.3 cm³/mol. The van der Waals surface area contributed by atoms with Crippen LogP contribution in [0.1, 0.15) is 29.6 Å². The highest BCUT2D eigenvalue weighted by atomic mass is 16.2. The quantitative estimate of drug-likeness (QED) is 0.533. The zero-order valence-electron chi connectivity index (χ0n) is 15.0. The van der Waals surface area contributed by atoms with Crippen molar-refractivity contribution in [3.8, 4) is 0 Å². The third kappa shape index (κ3) is 3.90. The summed E-state index contributed by atoms with van der Waals surface area (Å²) in [5, 5.41) is 5.50. The van der Waals surface area contributed by atoms with E-state index in [2.05, 4.69) is 30.6 Å². The lowest BCUT2D eigenvalue weighted by molar-refractivity contribution is -0.128. The number of rotatable bonds is 6. The number of fused-ring (bicyclic) bond motifs is 1. The van der Waals surface area contributed by atoms with Gasteiger partial charge in [0.15, 0.2) is 0 Å². The Labute approximate surface area is 150 Å². The first-order chi connectivity index (χ1) is 12.4. The van der Waals surface area contributed by atoms with E-state index in [1.165, 1.54) is 18.8 Å². The molecule has 0 radical (unpaired) electrons. The summed E-state index contributed by atoms with van der Waals surface area (Å²) in [5.74, 6) is 0.132. The molecule has 0 spiro atoms. The summed E-state index contributed by atoms with van der Waals surface area (Å²) in [5.41, 5.74) is 4.91. The topological polar surface area (TPSA) is 116 Å². The van der Waals surface area contributed by atoms with Crippen LogP contribution >= 0.6 is 0 Å². The molecule has 8 nitrogen and oxygen atoms in total. The van der Waals surface area contributed by atoms with Gasteiger partial charge >= 0.3 is 0 Å². The maximum Gasteiger partial charge on any atom is 0.243 e. The number of imidazole rings is 2. The van der Waals surface area contributed by atoms with Gasteiger partial charge in [-0.3, -0.25) is 9.59 Å². The molecular weight excluding hydrogens is 332 g/mol. The van der Waals surface area contributed by atoms with Crippen molar-refractivity contribution in [2.75, 3.05) is 0 Å². The van der Waals surface area contributed by atoms with E-state index in [1.807, 2.05) is 26.0 Å². The first-order valence-corrected chi connectivity index (χ1v) is 8.41. The fraction of sp³-hybridized carbons (Fsp3) is 0.333. The van der Waals surface area contributed by atoms with Crippen molar-refractivity contribution in [1.82, 2.24) is 30.6 Å². The van der Waals surface area contributed by atoms with Crippen molar-refractivity contribution in [2.24, 2.45) is 0 Å². The maximum atomic E-state index is 12.5. The second kappa shape index (κ2) is 7.38. The van der Waals surface area contributed by atoms with Crippen LogP contribution in [0.3, 0.4) is 0 Å². The molecule has 3 rings (SSSR count). The number of nitrogens with zero attached hydrogens (tertiary/aromatic N) is 2. The van der Waals surface area contributed by atoms with Gasteiger partial charge in [-0.2, -0.15) is 0 Å². The third-order valence-corrected chi connectivity index (χ3v) is 4.33. The van der Waals surface area contributed by atoms with Crippen molar-refractivity contribution in [3.05, 3.63) is 47.3 Å². The molecule has 0 aliphatic carbocycles. The molecule has 2 heterocycles. The molecule has 0 aliphatic heterocycles. The monoisotopic (exact) mass is 354 g/mol. The van der Waals surface area contributed by atoms with E-state index < -0.39 is 6.04 Å². The van der Waals surface area contributed by atoms with Crippen LogP contribution in [0.2, 0.25) is 0 Å². The molecule has 136 valence electrons. The summed E-state index contributed by atoms with van der Waals surface area (Å²) in [6, 6.07) is 3.34. The second-order valence-corrected chi connectivity index (χ2v) is 6.34. The Balaban J connectivity index is 1.69. The Hall–Kier alpha value is -3.16. The van der Waals surface area contributed by atoms with E-state index in [4.69, 9.17) is 0 Å². The van der Waals surface area contributed by atoms with Crippen molar-refractivity contribution < 1.29 is 9.59 Å². The number of benzene rings is 1. The minimum absolute atomic E-state index is 0.255. The van der Waals surface area contributed by atoms with Crippen molar-refractivity contribution >= 4 is 22.8 Å². The summed E-state index contributed by atoms with van der Waals surface area (Å²) in [4.78, 5) is 38.6. The van der Waals surface area contributed by atoms with Crippen LogP contribution in [0.5, 0.6) is 0 Å². The van der Waals surface area contributed by atoms with E-state index in [1.54, 1.807) is 6.20 Å². The zero-order valence-corrected chi connectivity index (χ0v) is 15.0. The largest absolute Gasteiger partial charge is 0.348 e. The van der Waals surface area contributed by atoms with Gasteiger partial charge in [0.2, 0.25) is 11.8 Å². The van der Waals surface area contributed by atoms with Gasteiger partial charge in [0.25, 0.3) is 0 Å². The fourth-order valence-electron chi connectivity index (χ4n) is 2.81. The van der Waals surface area contributed by atoms with Crippen LogP contribution in [0.15, 0.2) is 24.7 Å². The van der Waals surface area contributed by atoms with Gasteiger partial charge in [0.1, 0.15) is 11.9 Å². The number of carbonyl (C=O) groups excluding carboxylic acids is 2. The van der Waals surface area contributed by atoms with Gasteiger partial charge in [-0.05, 0) is 31.0 Å².